The number of nitrogens with one attached hydrogen (secondary N) is 2. The quantitative estimate of drug-likeness (QED) is 0.694. The molecule has 0 aromatic heterocycles. The summed E-state index contributed by atoms with van der Waals surface area (Å²) in [5.41, 5.74) is 2.08. The summed E-state index contributed by atoms with van der Waals surface area (Å²) < 4.78 is 34.4. The number of hydrogen-bond acceptors (Lipinski definition) is 6. The number of likely N-dealkylation sites (N-methyl/N-ethyl adjacent to an activating group) is 1. The highest BCUT2D eigenvalue weighted by Gasteiger charge is 2.41. The maximum atomic E-state index is 13.0. The fourth-order valence-electron chi connectivity index (χ4n) is 3.77. The molecule has 1 fully saturated rings. The van der Waals surface area contributed by atoms with Gasteiger partial charge in [0.05, 0.1) is 30.3 Å². The second-order valence-corrected chi connectivity index (χ2v) is 9.18. The van der Waals surface area contributed by atoms with Gasteiger partial charge in [0, 0.05) is 24.8 Å². The average molecular weight is 384 g/mol. The monoisotopic (exact) mass is 383 g/mol. The molecule has 0 aliphatic carbocycles. The van der Waals surface area contributed by atoms with E-state index in [1.165, 1.54) is 0 Å². The Morgan fingerprint density at radius 2 is 2.23 bits per heavy atom. The molecule has 2 aliphatic rings. The molecule has 146 valence electrons. The summed E-state index contributed by atoms with van der Waals surface area (Å²) >= 11 is 0. The molecule has 0 amide bonds. The number of nitrogens with zero attached hydrogens (tertiary/aromatic N) is 1. The van der Waals surface area contributed by atoms with Crippen molar-refractivity contribution in [2.24, 2.45) is 0 Å². The summed E-state index contributed by atoms with van der Waals surface area (Å²) in [7, 11) is -1.79. The van der Waals surface area contributed by atoms with E-state index in [9.17, 15) is 13.5 Å². The molecule has 1 aromatic rings. The molecule has 7 nitrogen and oxygen atoms in total. The Hall–Kier alpha value is -1.19. The van der Waals surface area contributed by atoms with E-state index < -0.39 is 15.6 Å². The molecule has 2 aliphatic heterocycles. The van der Waals surface area contributed by atoms with E-state index >= 15 is 0 Å². The van der Waals surface area contributed by atoms with Gasteiger partial charge in [-0.05, 0) is 50.9 Å². The van der Waals surface area contributed by atoms with Crippen LogP contribution in [0.5, 0.6) is 0 Å². The van der Waals surface area contributed by atoms with Crippen LogP contribution in [0.15, 0.2) is 17.0 Å². The first-order valence-corrected chi connectivity index (χ1v) is 10.6. The van der Waals surface area contributed by atoms with E-state index in [2.05, 4.69) is 10.0 Å². The molecule has 2 heterocycles. The fourth-order valence-corrected chi connectivity index (χ4v) is 5.16. The van der Waals surface area contributed by atoms with Crippen LogP contribution in [0, 0.1) is 6.92 Å². The molecule has 26 heavy (non-hydrogen) atoms. The van der Waals surface area contributed by atoms with Crippen molar-refractivity contribution >= 4 is 15.7 Å². The van der Waals surface area contributed by atoms with Gasteiger partial charge < -0.3 is 15.2 Å². The number of sulfonamides is 1. The fraction of sp³-hybridized carbons (Fsp3) is 0.667. The van der Waals surface area contributed by atoms with E-state index in [0.29, 0.717) is 18.1 Å². The lowest BCUT2D eigenvalue weighted by atomic mass is 9.96. The standard InChI is InChI=1S/C18H29N3O4S/c1-13-6-7-16(15-5-4-8-19-17(13)15)26(23,24)20-10-18(11-22)12-25-9-14(2)21(18)3/h6-7,14,19-20,22H,4-5,8-12H2,1-3H3/t14-,18+/m1/s1. The van der Waals surface area contributed by atoms with E-state index in [-0.39, 0.29) is 19.2 Å². The van der Waals surface area contributed by atoms with E-state index in [4.69, 9.17) is 4.74 Å². The third-order valence-electron chi connectivity index (χ3n) is 5.70. The van der Waals surface area contributed by atoms with Crippen molar-refractivity contribution in [3.63, 3.8) is 0 Å². The second kappa shape index (κ2) is 7.44. The van der Waals surface area contributed by atoms with Crippen LogP contribution in [0.3, 0.4) is 0 Å². The Kier molecular flexibility index (Phi) is 5.60. The molecule has 2 atom stereocenters. The number of aliphatic hydroxyl groups excluding tert-OH is 1. The van der Waals surface area contributed by atoms with Crippen molar-refractivity contribution in [3.8, 4) is 0 Å². The van der Waals surface area contributed by atoms with Crippen LogP contribution < -0.4 is 10.0 Å². The third-order valence-corrected chi connectivity index (χ3v) is 7.18. The molecule has 0 radical (unpaired) electrons. The van der Waals surface area contributed by atoms with Crippen molar-refractivity contribution in [1.82, 2.24) is 9.62 Å². The Morgan fingerprint density at radius 1 is 1.46 bits per heavy atom. The van der Waals surface area contributed by atoms with Crippen LogP contribution >= 0.6 is 0 Å². The molecular formula is C18H29N3O4S. The number of ether oxygens (including phenoxy) is 1. The van der Waals surface area contributed by atoms with Crippen molar-refractivity contribution < 1.29 is 18.3 Å². The highest BCUT2D eigenvalue weighted by Crippen LogP contribution is 2.32. The average Bonchev–Trinajstić information content (AvgIpc) is 2.63. The van der Waals surface area contributed by atoms with Gasteiger partial charge in [-0.1, -0.05) is 6.07 Å². The number of anilines is 1. The molecule has 0 spiro atoms. The third kappa shape index (κ3) is 3.48. The minimum atomic E-state index is -3.69. The van der Waals surface area contributed by atoms with Gasteiger partial charge in [0.2, 0.25) is 10.0 Å². The lowest BCUT2D eigenvalue weighted by molar-refractivity contribution is -0.104. The van der Waals surface area contributed by atoms with Crippen molar-refractivity contribution in [2.45, 2.75) is 43.2 Å². The van der Waals surface area contributed by atoms with Crippen LogP contribution in [-0.2, 0) is 21.2 Å². The van der Waals surface area contributed by atoms with Crippen molar-refractivity contribution in [2.75, 3.05) is 45.3 Å². The van der Waals surface area contributed by atoms with Gasteiger partial charge in [-0.2, -0.15) is 0 Å². The largest absolute Gasteiger partial charge is 0.394 e. The number of fused-ring (bicyclic) bond motifs is 1. The van der Waals surface area contributed by atoms with Crippen LogP contribution in [0.4, 0.5) is 5.69 Å². The smallest absolute Gasteiger partial charge is 0.240 e. The van der Waals surface area contributed by atoms with Gasteiger partial charge in [-0.25, -0.2) is 13.1 Å². The number of morpholine rings is 1. The predicted molar refractivity (Wildman–Crippen MR) is 101 cm³/mol. The maximum Gasteiger partial charge on any atom is 0.240 e. The van der Waals surface area contributed by atoms with Crippen LogP contribution in [0.2, 0.25) is 0 Å². The van der Waals surface area contributed by atoms with E-state index in [1.54, 1.807) is 6.07 Å². The van der Waals surface area contributed by atoms with Gasteiger partial charge in [0.25, 0.3) is 0 Å². The topological polar surface area (TPSA) is 90.9 Å². The molecule has 1 aromatic carbocycles. The Balaban J connectivity index is 1.86. The lowest BCUT2D eigenvalue weighted by Gasteiger charge is -2.47. The summed E-state index contributed by atoms with van der Waals surface area (Å²) in [5, 5.41) is 13.3. The highest BCUT2D eigenvalue weighted by molar-refractivity contribution is 7.89. The molecule has 0 saturated carbocycles. The Bertz CT molecular complexity index is 768. The zero-order valence-corrected chi connectivity index (χ0v) is 16.5. The summed E-state index contributed by atoms with van der Waals surface area (Å²) in [6, 6.07) is 3.63. The summed E-state index contributed by atoms with van der Waals surface area (Å²) in [5.74, 6) is 0. The second-order valence-electron chi connectivity index (χ2n) is 7.45. The number of rotatable bonds is 5. The molecule has 0 bridgehead atoms. The molecule has 3 rings (SSSR count). The summed E-state index contributed by atoms with van der Waals surface area (Å²) in [6.07, 6.45) is 1.65. The van der Waals surface area contributed by atoms with E-state index in [0.717, 1.165) is 36.2 Å². The normalized spacial score (nSPS) is 27.0. The summed E-state index contributed by atoms with van der Waals surface area (Å²) in [4.78, 5) is 2.33. The van der Waals surface area contributed by atoms with Crippen LogP contribution in [0.25, 0.3) is 0 Å². The first-order valence-electron chi connectivity index (χ1n) is 9.08. The molecule has 0 unspecified atom stereocenters. The Labute approximate surface area is 155 Å². The van der Waals surface area contributed by atoms with E-state index in [1.807, 2.05) is 31.9 Å². The summed E-state index contributed by atoms with van der Waals surface area (Å²) in [6.45, 7) is 5.63. The number of aryl methyl sites for hydroxylation is 1. The van der Waals surface area contributed by atoms with Crippen LogP contribution in [0.1, 0.15) is 24.5 Å². The van der Waals surface area contributed by atoms with Gasteiger partial charge in [-0.3, -0.25) is 4.90 Å². The first kappa shape index (κ1) is 19.6. The Morgan fingerprint density at radius 3 is 2.96 bits per heavy atom. The number of aliphatic hydroxyl groups is 1. The van der Waals surface area contributed by atoms with Crippen molar-refractivity contribution in [3.05, 3.63) is 23.3 Å². The van der Waals surface area contributed by atoms with Gasteiger partial charge >= 0.3 is 0 Å². The molecule has 3 N–H and O–H groups in total. The van der Waals surface area contributed by atoms with Crippen molar-refractivity contribution in [1.29, 1.82) is 0 Å². The zero-order valence-electron chi connectivity index (χ0n) is 15.7. The zero-order chi connectivity index (χ0) is 18.9. The van der Waals surface area contributed by atoms with Gasteiger partial charge in [-0.15, -0.1) is 0 Å². The lowest BCUT2D eigenvalue weighted by Crippen LogP contribution is -2.65. The maximum absolute atomic E-state index is 13.0. The highest BCUT2D eigenvalue weighted by atomic mass is 32.2. The minimum absolute atomic E-state index is 0.1000. The van der Waals surface area contributed by atoms with Gasteiger partial charge in [0.15, 0.2) is 0 Å². The molecule has 8 heteroatoms. The number of hydrogen-bond donors (Lipinski definition) is 3. The predicted octanol–water partition coefficient (Wildman–Crippen LogP) is 0.713. The van der Waals surface area contributed by atoms with Crippen LogP contribution in [-0.4, -0.2) is 70.0 Å². The van der Waals surface area contributed by atoms with Gasteiger partial charge in [0.1, 0.15) is 0 Å². The molecular weight excluding hydrogens is 354 g/mol. The first-order chi connectivity index (χ1) is 12.3. The molecule has 1 saturated heterocycles. The SMILES string of the molecule is Cc1ccc(S(=O)(=O)NC[C@]2(CO)COC[C@@H](C)N2C)c2c1NCCC2. The minimum Gasteiger partial charge on any atom is -0.394 e. The number of benzene rings is 1.